The van der Waals surface area contributed by atoms with Crippen LogP contribution in [0.15, 0.2) is 42.5 Å². The summed E-state index contributed by atoms with van der Waals surface area (Å²) in [6.45, 7) is 1.45. The van der Waals surface area contributed by atoms with E-state index >= 15 is 0 Å². The molecule has 2 heterocycles. The first-order valence-corrected chi connectivity index (χ1v) is 14.1. The molecule has 0 unspecified atom stereocenters. The van der Waals surface area contributed by atoms with Crippen LogP contribution in [-0.2, 0) is 35.0 Å². The Morgan fingerprint density at radius 2 is 1.59 bits per heavy atom. The summed E-state index contributed by atoms with van der Waals surface area (Å²) >= 11 is 6.00. The van der Waals surface area contributed by atoms with Crippen LogP contribution in [0.25, 0.3) is 0 Å². The molecule has 2 fully saturated rings. The maximum atomic E-state index is 13.7. The molecule has 44 heavy (non-hydrogen) atoms. The van der Waals surface area contributed by atoms with Gasteiger partial charge in [-0.15, -0.1) is 0 Å². The molecule has 4 rings (SSSR count). The lowest BCUT2D eigenvalue weighted by Crippen LogP contribution is -2.78. The summed E-state index contributed by atoms with van der Waals surface area (Å²) < 4.78 is 80.1. The van der Waals surface area contributed by atoms with E-state index in [9.17, 15) is 40.7 Å². The van der Waals surface area contributed by atoms with Gasteiger partial charge in [-0.25, -0.2) is 4.79 Å². The molecule has 2 atom stereocenters. The molecule has 2 aromatic rings. The molecule has 2 saturated heterocycles. The number of halogens is 7. The van der Waals surface area contributed by atoms with Crippen molar-refractivity contribution in [1.29, 1.82) is 0 Å². The van der Waals surface area contributed by atoms with Gasteiger partial charge in [0.15, 0.2) is 0 Å². The number of urea groups is 1. The number of nitrogens with zero attached hydrogens (tertiary/aromatic N) is 4. The van der Waals surface area contributed by atoms with Crippen molar-refractivity contribution in [2.45, 2.75) is 56.9 Å². The van der Waals surface area contributed by atoms with Crippen LogP contribution >= 0.6 is 11.6 Å². The second-order valence-electron chi connectivity index (χ2n) is 11.4. The molecule has 2 aromatic carbocycles. The van der Waals surface area contributed by atoms with E-state index in [-0.39, 0.29) is 50.4 Å². The molecule has 0 radical (unpaired) electrons. The van der Waals surface area contributed by atoms with Gasteiger partial charge in [-0.05, 0) is 75.4 Å². The molecule has 4 amide bonds. The lowest BCUT2D eigenvalue weighted by Gasteiger charge is -2.59. The highest BCUT2D eigenvalue weighted by Crippen LogP contribution is 2.38. The van der Waals surface area contributed by atoms with Crippen molar-refractivity contribution < 1.29 is 40.7 Å². The quantitative estimate of drug-likeness (QED) is 0.420. The second kappa shape index (κ2) is 12.5. The van der Waals surface area contributed by atoms with E-state index < -0.39 is 53.3 Å². The first-order valence-electron chi connectivity index (χ1n) is 13.7. The standard InChI is InChI=1S/C29H32ClF6N5O3/c1-27-17-39(16-18-4-6-22(30)7-5-18)25(43)23(8-10-38(2)3)41(27)24(42)9-11-40(27)26(44)37-15-19-12-20(28(31,32)33)14-21(13-19)29(34,35)36/h4-7,12-14,23H,8-11,15-17H2,1-3H3,(H,37,44)/t23-,27+/m0/s1. The van der Waals surface area contributed by atoms with E-state index in [1.54, 1.807) is 36.1 Å². The van der Waals surface area contributed by atoms with Crippen LogP contribution in [0.3, 0.4) is 0 Å². The molecule has 0 saturated carbocycles. The van der Waals surface area contributed by atoms with E-state index in [4.69, 9.17) is 11.6 Å². The number of carbonyl (C=O) groups is 3. The number of fused-ring (bicyclic) bond motifs is 1. The molecule has 0 spiro atoms. The number of benzene rings is 2. The summed E-state index contributed by atoms with van der Waals surface area (Å²) in [5.74, 6) is -0.647. The van der Waals surface area contributed by atoms with E-state index in [2.05, 4.69) is 5.32 Å². The Labute approximate surface area is 255 Å². The third kappa shape index (κ3) is 7.23. The van der Waals surface area contributed by atoms with Crippen LogP contribution in [-0.4, -0.2) is 82.9 Å². The van der Waals surface area contributed by atoms with Gasteiger partial charge in [-0.1, -0.05) is 23.7 Å². The Kier molecular flexibility index (Phi) is 9.46. The van der Waals surface area contributed by atoms with Gasteiger partial charge in [-0.2, -0.15) is 26.3 Å². The number of alkyl halides is 6. The van der Waals surface area contributed by atoms with Crippen molar-refractivity contribution in [3.05, 3.63) is 69.7 Å². The first-order chi connectivity index (χ1) is 20.4. The van der Waals surface area contributed by atoms with Crippen molar-refractivity contribution in [3.63, 3.8) is 0 Å². The third-order valence-electron chi connectivity index (χ3n) is 7.79. The Hall–Kier alpha value is -3.52. The highest BCUT2D eigenvalue weighted by molar-refractivity contribution is 6.30. The minimum absolute atomic E-state index is 0.0165. The average Bonchev–Trinajstić information content (AvgIpc) is 2.92. The van der Waals surface area contributed by atoms with Crippen LogP contribution in [0.2, 0.25) is 5.02 Å². The molecule has 8 nitrogen and oxygen atoms in total. The zero-order chi connectivity index (χ0) is 32.6. The van der Waals surface area contributed by atoms with Gasteiger partial charge in [-0.3, -0.25) is 14.5 Å². The second-order valence-corrected chi connectivity index (χ2v) is 11.8. The summed E-state index contributed by atoms with van der Waals surface area (Å²) in [6, 6.07) is 6.24. The van der Waals surface area contributed by atoms with Crippen LogP contribution < -0.4 is 5.32 Å². The van der Waals surface area contributed by atoms with Gasteiger partial charge < -0.3 is 20.0 Å². The highest BCUT2D eigenvalue weighted by Gasteiger charge is 2.56. The van der Waals surface area contributed by atoms with Crippen molar-refractivity contribution >= 4 is 29.4 Å². The number of piperazine rings is 1. The zero-order valence-electron chi connectivity index (χ0n) is 24.2. The minimum Gasteiger partial charge on any atom is -0.334 e. The van der Waals surface area contributed by atoms with E-state index in [1.165, 1.54) is 9.80 Å². The summed E-state index contributed by atoms with van der Waals surface area (Å²) in [7, 11) is 3.63. The Balaban J connectivity index is 1.63. The minimum atomic E-state index is -5.04. The number of hydrogen-bond acceptors (Lipinski definition) is 4. The normalized spacial score (nSPS) is 21.2. The predicted octanol–water partition coefficient (Wildman–Crippen LogP) is 5.20. The Bertz CT molecular complexity index is 1370. The molecular formula is C29H32ClF6N5O3. The van der Waals surface area contributed by atoms with Crippen molar-refractivity contribution in [1.82, 2.24) is 24.9 Å². The Morgan fingerprint density at radius 3 is 2.14 bits per heavy atom. The lowest BCUT2D eigenvalue weighted by atomic mass is 9.92. The molecule has 2 aliphatic heterocycles. The lowest BCUT2D eigenvalue weighted by molar-refractivity contribution is -0.183. The molecule has 0 aliphatic carbocycles. The van der Waals surface area contributed by atoms with Crippen LogP contribution in [0.4, 0.5) is 31.1 Å². The predicted molar refractivity (Wildman–Crippen MR) is 149 cm³/mol. The number of carbonyl (C=O) groups excluding carboxylic acids is 3. The van der Waals surface area contributed by atoms with Crippen LogP contribution in [0, 0.1) is 0 Å². The van der Waals surface area contributed by atoms with E-state index in [1.807, 2.05) is 19.0 Å². The SMILES string of the molecule is CN(C)CC[C@H]1C(=O)N(Cc2ccc(Cl)cc2)C[C@]2(C)N(C(=O)NCc3cc(C(F)(F)F)cc(C(F)(F)F)c3)CCC(=O)N12. The molecule has 0 bridgehead atoms. The van der Waals surface area contributed by atoms with Gasteiger partial charge in [0.2, 0.25) is 11.8 Å². The van der Waals surface area contributed by atoms with E-state index in [0.717, 1.165) is 5.56 Å². The fraction of sp³-hybridized carbons (Fsp3) is 0.483. The van der Waals surface area contributed by atoms with Gasteiger partial charge in [0, 0.05) is 31.1 Å². The monoisotopic (exact) mass is 647 g/mol. The Morgan fingerprint density at radius 1 is 1.00 bits per heavy atom. The smallest absolute Gasteiger partial charge is 0.334 e. The van der Waals surface area contributed by atoms with Crippen LogP contribution in [0.5, 0.6) is 0 Å². The zero-order valence-corrected chi connectivity index (χ0v) is 25.0. The molecule has 240 valence electrons. The molecule has 1 N–H and O–H groups in total. The summed E-state index contributed by atoms with van der Waals surface area (Å²) in [5.41, 5.74) is -3.99. The number of hydrogen-bond donors (Lipinski definition) is 1. The van der Waals surface area contributed by atoms with Crippen molar-refractivity contribution in [2.24, 2.45) is 0 Å². The topological polar surface area (TPSA) is 76.2 Å². The first kappa shape index (κ1) is 33.4. The summed E-state index contributed by atoms with van der Waals surface area (Å²) in [5, 5.41) is 2.94. The van der Waals surface area contributed by atoms with Gasteiger partial charge >= 0.3 is 18.4 Å². The fourth-order valence-electron chi connectivity index (χ4n) is 5.69. The maximum Gasteiger partial charge on any atom is 0.416 e. The number of rotatable bonds is 7. The fourth-order valence-corrected chi connectivity index (χ4v) is 5.82. The largest absolute Gasteiger partial charge is 0.416 e. The third-order valence-corrected chi connectivity index (χ3v) is 8.04. The maximum absolute atomic E-state index is 13.7. The average molecular weight is 648 g/mol. The van der Waals surface area contributed by atoms with Crippen molar-refractivity contribution in [3.8, 4) is 0 Å². The van der Waals surface area contributed by atoms with Crippen LogP contribution in [0.1, 0.15) is 42.0 Å². The van der Waals surface area contributed by atoms with Crippen molar-refractivity contribution in [2.75, 3.05) is 33.7 Å². The summed E-state index contributed by atoms with van der Waals surface area (Å²) in [4.78, 5) is 46.7. The highest BCUT2D eigenvalue weighted by atomic mass is 35.5. The van der Waals surface area contributed by atoms with E-state index in [0.29, 0.717) is 23.7 Å². The summed E-state index contributed by atoms with van der Waals surface area (Å²) in [6.07, 6.45) is -9.92. The molecule has 15 heteroatoms. The van der Waals surface area contributed by atoms with Gasteiger partial charge in [0.1, 0.15) is 11.7 Å². The molecular weight excluding hydrogens is 616 g/mol. The number of amides is 4. The van der Waals surface area contributed by atoms with Gasteiger partial charge in [0.05, 0.1) is 17.7 Å². The number of nitrogens with one attached hydrogen (secondary N) is 1. The molecule has 0 aromatic heterocycles. The van der Waals surface area contributed by atoms with Gasteiger partial charge in [0.25, 0.3) is 0 Å². The molecule has 2 aliphatic rings.